The molecular formula is C18H29N3O2S. The van der Waals surface area contributed by atoms with Crippen LogP contribution in [0.25, 0.3) is 0 Å². The third-order valence-corrected chi connectivity index (χ3v) is 6.23. The van der Waals surface area contributed by atoms with Gasteiger partial charge in [0.1, 0.15) is 5.01 Å². The van der Waals surface area contributed by atoms with Crippen LogP contribution in [0.2, 0.25) is 0 Å². The Morgan fingerprint density at radius 1 is 1.38 bits per heavy atom. The van der Waals surface area contributed by atoms with Gasteiger partial charge in [-0.25, -0.2) is 4.98 Å². The van der Waals surface area contributed by atoms with Gasteiger partial charge in [-0.1, -0.05) is 19.3 Å². The van der Waals surface area contributed by atoms with Crippen LogP contribution < -0.4 is 5.32 Å². The van der Waals surface area contributed by atoms with E-state index in [1.165, 1.54) is 32.1 Å². The molecule has 0 spiro atoms. The van der Waals surface area contributed by atoms with Gasteiger partial charge in [0.15, 0.2) is 5.60 Å². The van der Waals surface area contributed by atoms with Gasteiger partial charge in [0.05, 0.1) is 0 Å². The molecule has 134 valence electrons. The summed E-state index contributed by atoms with van der Waals surface area (Å²) in [4.78, 5) is 19.1. The highest BCUT2D eigenvalue weighted by Crippen LogP contribution is 2.28. The summed E-state index contributed by atoms with van der Waals surface area (Å²) in [6.45, 7) is 4.51. The van der Waals surface area contributed by atoms with E-state index in [0.29, 0.717) is 25.4 Å². The molecule has 24 heavy (non-hydrogen) atoms. The highest BCUT2D eigenvalue weighted by molar-refractivity contribution is 7.09. The van der Waals surface area contributed by atoms with Gasteiger partial charge >= 0.3 is 0 Å². The van der Waals surface area contributed by atoms with Gasteiger partial charge in [-0.2, -0.15) is 0 Å². The monoisotopic (exact) mass is 351 g/mol. The first-order valence-electron chi connectivity index (χ1n) is 9.20. The van der Waals surface area contributed by atoms with Crippen LogP contribution in [0.4, 0.5) is 0 Å². The van der Waals surface area contributed by atoms with Crippen LogP contribution in [-0.2, 0) is 11.3 Å². The smallest absolute Gasteiger partial charge is 0.255 e. The summed E-state index contributed by atoms with van der Waals surface area (Å²) < 4.78 is 0. The molecule has 1 aromatic rings. The van der Waals surface area contributed by atoms with Crippen LogP contribution in [0.15, 0.2) is 5.38 Å². The average molecular weight is 352 g/mol. The average Bonchev–Trinajstić information content (AvgIpc) is 2.98. The first-order valence-corrected chi connectivity index (χ1v) is 10.1. The zero-order valence-corrected chi connectivity index (χ0v) is 15.4. The first kappa shape index (κ1) is 17.8. The normalized spacial score (nSPS) is 26.1. The number of hydrogen-bond acceptors (Lipinski definition) is 5. The van der Waals surface area contributed by atoms with Crippen LogP contribution >= 0.6 is 11.3 Å². The summed E-state index contributed by atoms with van der Waals surface area (Å²) in [5, 5.41) is 17.1. The lowest BCUT2D eigenvalue weighted by Crippen LogP contribution is -2.58. The predicted octanol–water partition coefficient (Wildman–Crippen LogP) is 2.47. The van der Waals surface area contributed by atoms with Crippen LogP contribution in [0, 0.1) is 12.8 Å². The number of nitrogens with zero attached hydrogens (tertiary/aromatic N) is 2. The van der Waals surface area contributed by atoms with E-state index < -0.39 is 5.60 Å². The Balaban J connectivity index is 1.52. The first-order chi connectivity index (χ1) is 11.6. The Morgan fingerprint density at radius 3 is 2.88 bits per heavy atom. The van der Waals surface area contributed by atoms with E-state index >= 15 is 0 Å². The Bertz CT molecular complexity index is 556. The number of carbonyl (C=O) groups is 1. The molecule has 0 aromatic carbocycles. The van der Waals surface area contributed by atoms with Crippen molar-refractivity contribution < 1.29 is 9.90 Å². The summed E-state index contributed by atoms with van der Waals surface area (Å²) in [6, 6.07) is 0. The van der Waals surface area contributed by atoms with Gasteiger partial charge < -0.3 is 15.3 Å². The number of hydrogen-bond donors (Lipinski definition) is 2. The van der Waals surface area contributed by atoms with Crippen LogP contribution in [0.1, 0.15) is 55.6 Å². The lowest BCUT2D eigenvalue weighted by molar-refractivity contribution is -0.157. The largest absolute Gasteiger partial charge is 0.379 e. The van der Waals surface area contributed by atoms with Crippen molar-refractivity contribution in [2.24, 2.45) is 5.92 Å². The fraction of sp³-hybridized carbons (Fsp3) is 0.778. The maximum absolute atomic E-state index is 12.8. The standard InChI is InChI=1S/C18H29N3O2S/c1-14-12-24-16(20-14)10-19-13-18(23)8-5-9-21(17(18)22)11-15-6-3-2-4-7-15/h12,15,19,23H,2-11,13H2,1H3/t18-/m1/s1. The maximum atomic E-state index is 12.8. The highest BCUT2D eigenvalue weighted by atomic mass is 32.1. The minimum absolute atomic E-state index is 0.0813. The number of piperidine rings is 1. The molecule has 1 aliphatic heterocycles. The molecule has 6 heteroatoms. The quantitative estimate of drug-likeness (QED) is 0.826. The Morgan fingerprint density at radius 2 is 2.17 bits per heavy atom. The second kappa shape index (κ2) is 7.93. The Hall–Kier alpha value is -0.980. The predicted molar refractivity (Wildman–Crippen MR) is 95.9 cm³/mol. The molecule has 3 rings (SSSR count). The van der Waals surface area contributed by atoms with Gasteiger partial charge in [0.25, 0.3) is 5.91 Å². The number of rotatable bonds is 6. The second-order valence-electron chi connectivity index (χ2n) is 7.38. The van der Waals surface area contributed by atoms with Gasteiger partial charge in [-0.3, -0.25) is 4.79 Å². The molecule has 2 aliphatic rings. The maximum Gasteiger partial charge on any atom is 0.255 e. The van der Waals surface area contributed by atoms with Gasteiger partial charge in [-0.15, -0.1) is 11.3 Å². The molecule has 1 saturated heterocycles. The van der Waals surface area contributed by atoms with E-state index in [1.807, 2.05) is 17.2 Å². The number of aryl methyl sites for hydroxylation is 1. The molecule has 5 nitrogen and oxygen atoms in total. The van der Waals surface area contributed by atoms with E-state index in [1.54, 1.807) is 11.3 Å². The summed E-state index contributed by atoms with van der Waals surface area (Å²) in [5.74, 6) is 0.540. The van der Waals surface area contributed by atoms with Gasteiger partial charge in [0, 0.05) is 37.3 Å². The highest BCUT2D eigenvalue weighted by Gasteiger charge is 2.42. The molecule has 0 unspecified atom stereocenters. The third-order valence-electron chi connectivity index (χ3n) is 5.27. The third kappa shape index (κ3) is 4.35. The molecule has 2 fully saturated rings. The molecule has 1 amide bonds. The summed E-state index contributed by atoms with van der Waals surface area (Å²) in [6.07, 6.45) is 7.78. The minimum Gasteiger partial charge on any atom is -0.379 e. The molecule has 1 aliphatic carbocycles. The molecule has 2 heterocycles. The van der Waals surface area contributed by atoms with Crippen molar-refractivity contribution in [2.45, 2.75) is 64.0 Å². The molecule has 0 bridgehead atoms. The molecule has 1 aromatic heterocycles. The molecule has 2 N–H and O–H groups in total. The number of aliphatic hydroxyl groups is 1. The summed E-state index contributed by atoms with van der Waals surface area (Å²) in [7, 11) is 0. The van der Waals surface area contributed by atoms with E-state index in [4.69, 9.17) is 0 Å². The van der Waals surface area contributed by atoms with Crippen LogP contribution in [-0.4, -0.2) is 46.1 Å². The Kier molecular flexibility index (Phi) is 5.89. The van der Waals surface area contributed by atoms with Crippen molar-refractivity contribution in [2.75, 3.05) is 19.6 Å². The minimum atomic E-state index is -1.25. The van der Waals surface area contributed by atoms with Gasteiger partial charge in [-0.05, 0) is 38.5 Å². The molecule has 0 radical (unpaired) electrons. The number of aromatic nitrogens is 1. The van der Waals surface area contributed by atoms with E-state index in [9.17, 15) is 9.90 Å². The topological polar surface area (TPSA) is 65.5 Å². The van der Waals surface area contributed by atoms with Crippen molar-refractivity contribution in [1.82, 2.24) is 15.2 Å². The second-order valence-corrected chi connectivity index (χ2v) is 8.32. The van der Waals surface area contributed by atoms with Crippen molar-refractivity contribution in [3.63, 3.8) is 0 Å². The molecule has 1 atom stereocenters. The molecular weight excluding hydrogens is 322 g/mol. The van der Waals surface area contributed by atoms with Crippen LogP contribution in [0.5, 0.6) is 0 Å². The number of thiazole rings is 1. The van der Waals surface area contributed by atoms with E-state index in [-0.39, 0.29) is 5.91 Å². The van der Waals surface area contributed by atoms with Crippen molar-refractivity contribution in [1.29, 1.82) is 0 Å². The number of amides is 1. The van der Waals surface area contributed by atoms with Crippen molar-refractivity contribution in [3.05, 3.63) is 16.1 Å². The number of nitrogens with one attached hydrogen (secondary N) is 1. The Labute approximate surface area is 148 Å². The van der Waals surface area contributed by atoms with E-state index in [0.717, 1.165) is 30.2 Å². The lowest BCUT2D eigenvalue weighted by atomic mass is 9.86. The fourth-order valence-electron chi connectivity index (χ4n) is 3.94. The van der Waals surface area contributed by atoms with E-state index in [2.05, 4.69) is 10.3 Å². The summed E-state index contributed by atoms with van der Waals surface area (Å²) >= 11 is 1.61. The van der Waals surface area contributed by atoms with Crippen LogP contribution in [0.3, 0.4) is 0 Å². The fourth-order valence-corrected chi connectivity index (χ4v) is 4.69. The zero-order valence-electron chi connectivity index (χ0n) is 14.6. The SMILES string of the molecule is Cc1csc(CNC[C@]2(O)CCCN(CC3CCCCC3)C2=O)n1. The molecule has 1 saturated carbocycles. The lowest BCUT2D eigenvalue weighted by Gasteiger charge is -2.40. The number of likely N-dealkylation sites (tertiary alicyclic amines) is 1. The van der Waals surface area contributed by atoms with Gasteiger partial charge in [0.2, 0.25) is 0 Å². The van der Waals surface area contributed by atoms with Crippen molar-refractivity contribution in [3.8, 4) is 0 Å². The van der Waals surface area contributed by atoms with Crippen molar-refractivity contribution >= 4 is 17.2 Å². The number of carbonyl (C=O) groups excluding carboxylic acids is 1. The summed E-state index contributed by atoms with van der Waals surface area (Å²) in [5.41, 5.74) is -0.234. The zero-order chi connectivity index (χ0) is 17.0.